The monoisotopic (exact) mass is 329 g/mol. The van der Waals surface area contributed by atoms with Crippen LogP contribution in [-0.4, -0.2) is 28.4 Å². The second-order valence-electron chi connectivity index (χ2n) is 4.97. The third-order valence-electron chi connectivity index (χ3n) is 3.25. The molecule has 24 heavy (non-hydrogen) atoms. The molecule has 0 unspecified atom stereocenters. The van der Waals surface area contributed by atoms with Crippen molar-refractivity contribution in [1.29, 1.82) is 0 Å². The molecule has 7 nitrogen and oxygen atoms in total. The molecule has 0 amide bonds. The number of nitrogens with zero attached hydrogens (tertiary/aromatic N) is 1. The van der Waals surface area contributed by atoms with E-state index >= 15 is 0 Å². The number of ketones is 1. The Morgan fingerprint density at radius 2 is 1.83 bits per heavy atom. The van der Waals surface area contributed by atoms with E-state index in [-0.39, 0.29) is 29.0 Å². The number of carboxylic acids is 1. The zero-order valence-corrected chi connectivity index (χ0v) is 12.9. The van der Waals surface area contributed by atoms with Gasteiger partial charge in [0.05, 0.1) is 17.1 Å². The number of nitro groups is 1. The number of hydrogen-bond donors (Lipinski definition) is 1. The van der Waals surface area contributed by atoms with Crippen molar-refractivity contribution in [1.82, 2.24) is 0 Å². The summed E-state index contributed by atoms with van der Waals surface area (Å²) >= 11 is 0. The molecular weight excluding hydrogens is 314 g/mol. The number of carbonyl (C=O) groups excluding carboxylic acids is 1. The molecule has 0 saturated heterocycles. The summed E-state index contributed by atoms with van der Waals surface area (Å²) in [7, 11) is 0. The van der Waals surface area contributed by atoms with Crippen molar-refractivity contribution in [3.8, 4) is 5.75 Å². The molecule has 0 fully saturated rings. The number of carboxylic acid groups (broad SMARTS) is 1. The smallest absolute Gasteiger partial charge is 0.336 e. The van der Waals surface area contributed by atoms with Gasteiger partial charge in [-0.1, -0.05) is 37.3 Å². The van der Waals surface area contributed by atoms with Crippen LogP contribution in [0.1, 0.15) is 39.6 Å². The normalized spacial score (nSPS) is 10.2. The van der Waals surface area contributed by atoms with Crippen molar-refractivity contribution >= 4 is 17.4 Å². The number of aromatic carboxylic acids is 1. The summed E-state index contributed by atoms with van der Waals surface area (Å²) in [5.41, 5.74) is -0.887. The molecule has 124 valence electrons. The van der Waals surface area contributed by atoms with Crippen LogP contribution in [0.5, 0.6) is 5.75 Å². The lowest BCUT2D eigenvalue weighted by Crippen LogP contribution is -2.11. The molecule has 1 N–H and O–H groups in total. The van der Waals surface area contributed by atoms with Crippen LogP contribution in [0.15, 0.2) is 42.5 Å². The fraction of sp³-hybridized carbons (Fsp3) is 0.176. The van der Waals surface area contributed by atoms with Crippen LogP contribution in [-0.2, 0) is 0 Å². The predicted molar refractivity (Wildman–Crippen MR) is 85.7 cm³/mol. The van der Waals surface area contributed by atoms with E-state index in [1.165, 1.54) is 12.1 Å². The van der Waals surface area contributed by atoms with Crippen LogP contribution in [0, 0.1) is 10.1 Å². The van der Waals surface area contributed by atoms with Gasteiger partial charge in [0.25, 0.3) is 5.69 Å². The first kappa shape index (κ1) is 17.1. The molecule has 0 aliphatic rings. The van der Waals surface area contributed by atoms with Gasteiger partial charge in [0, 0.05) is 11.6 Å². The molecule has 0 spiro atoms. The minimum Gasteiger partial charge on any atom is -0.493 e. The minimum absolute atomic E-state index is 0.0997. The summed E-state index contributed by atoms with van der Waals surface area (Å²) in [6, 6.07) is 10.1. The van der Waals surface area contributed by atoms with Crippen LogP contribution in [0.3, 0.4) is 0 Å². The SMILES string of the molecule is CCCOc1cc(C(=O)O)cc([N+](=O)[O-])c1C(=O)c1ccccc1. The number of rotatable bonds is 7. The lowest BCUT2D eigenvalue weighted by Gasteiger charge is -2.12. The van der Waals surface area contributed by atoms with Crippen LogP contribution >= 0.6 is 0 Å². The first-order chi connectivity index (χ1) is 11.5. The lowest BCUT2D eigenvalue weighted by molar-refractivity contribution is -0.385. The Balaban J connectivity index is 2.68. The number of ether oxygens (including phenoxy) is 1. The van der Waals surface area contributed by atoms with Crippen molar-refractivity contribution in [3.63, 3.8) is 0 Å². The van der Waals surface area contributed by atoms with Gasteiger partial charge in [-0.3, -0.25) is 14.9 Å². The molecule has 7 heteroatoms. The first-order valence-electron chi connectivity index (χ1n) is 7.24. The summed E-state index contributed by atoms with van der Waals surface area (Å²) in [6.07, 6.45) is 0.601. The molecular formula is C17H15NO6. The molecule has 0 bridgehead atoms. The van der Waals surface area contributed by atoms with Gasteiger partial charge in [-0.05, 0) is 12.5 Å². The number of benzene rings is 2. The lowest BCUT2D eigenvalue weighted by atomic mass is 9.98. The number of nitro benzene ring substituents is 1. The average Bonchev–Trinajstić information content (AvgIpc) is 2.59. The number of hydrogen-bond acceptors (Lipinski definition) is 5. The Morgan fingerprint density at radius 1 is 1.17 bits per heavy atom. The third kappa shape index (κ3) is 3.57. The van der Waals surface area contributed by atoms with Gasteiger partial charge in [0.15, 0.2) is 0 Å². The maximum atomic E-state index is 12.7. The van der Waals surface area contributed by atoms with Crippen molar-refractivity contribution in [2.75, 3.05) is 6.61 Å². The van der Waals surface area contributed by atoms with E-state index in [1.54, 1.807) is 18.2 Å². The van der Waals surface area contributed by atoms with E-state index in [1.807, 2.05) is 6.92 Å². The van der Waals surface area contributed by atoms with Gasteiger partial charge in [0.1, 0.15) is 11.3 Å². The van der Waals surface area contributed by atoms with Gasteiger partial charge >= 0.3 is 5.97 Å². The second kappa shape index (κ2) is 7.36. The van der Waals surface area contributed by atoms with Crippen molar-refractivity contribution < 1.29 is 24.4 Å². The van der Waals surface area contributed by atoms with Crippen molar-refractivity contribution in [2.45, 2.75) is 13.3 Å². The maximum absolute atomic E-state index is 12.7. The quantitative estimate of drug-likeness (QED) is 0.474. The Morgan fingerprint density at radius 3 is 2.38 bits per heavy atom. The Hall–Kier alpha value is -3.22. The number of carbonyl (C=O) groups is 2. The Labute approximate surface area is 137 Å². The summed E-state index contributed by atoms with van der Waals surface area (Å²) < 4.78 is 5.42. The third-order valence-corrected chi connectivity index (χ3v) is 3.25. The molecule has 2 aromatic rings. The highest BCUT2D eigenvalue weighted by molar-refractivity contribution is 6.14. The van der Waals surface area contributed by atoms with Crippen molar-refractivity contribution in [3.05, 3.63) is 69.3 Å². The average molecular weight is 329 g/mol. The van der Waals surface area contributed by atoms with Crippen molar-refractivity contribution in [2.24, 2.45) is 0 Å². The second-order valence-corrected chi connectivity index (χ2v) is 4.97. The summed E-state index contributed by atoms with van der Waals surface area (Å²) in [6.45, 7) is 2.03. The molecule has 0 saturated carbocycles. The molecule has 0 aromatic heterocycles. The minimum atomic E-state index is -1.34. The van der Waals surface area contributed by atoms with Crippen LogP contribution in [0.4, 0.5) is 5.69 Å². The molecule has 0 radical (unpaired) electrons. The highest BCUT2D eigenvalue weighted by Crippen LogP contribution is 2.33. The largest absolute Gasteiger partial charge is 0.493 e. The zero-order chi connectivity index (χ0) is 17.7. The van der Waals surface area contributed by atoms with E-state index in [0.29, 0.717) is 6.42 Å². The maximum Gasteiger partial charge on any atom is 0.336 e. The van der Waals surface area contributed by atoms with E-state index in [4.69, 9.17) is 9.84 Å². The summed E-state index contributed by atoms with van der Waals surface area (Å²) in [5, 5.41) is 20.5. The molecule has 2 rings (SSSR count). The van der Waals surface area contributed by atoms with Crippen LogP contribution in [0.25, 0.3) is 0 Å². The first-order valence-corrected chi connectivity index (χ1v) is 7.24. The van der Waals surface area contributed by atoms with Crippen LogP contribution in [0.2, 0.25) is 0 Å². The highest BCUT2D eigenvalue weighted by Gasteiger charge is 2.28. The molecule has 2 aromatic carbocycles. The molecule has 0 aliphatic carbocycles. The standard InChI is InChI=1S/C17H15NO6/c1-2-8-24-14-10-12(17(20)21)9-13(18(22)23)15(14)16(19)11-6-4-3-5-7-11/h3-7,9-10H,2,8H2,1H3,(H,20,21). The van der Waals surface area contributed by atoms with Gasteiger partial charge in [-0.25, -0.2) is 4.79 Å². The summed E-state index contributed by atoms with van der Waals surface area (Å²) in [5.74, 6) is -2.03. The van der Waals surface area contributed by atoms with Gasteiger partial charge < -0.3 is 9.84 Å². The highest BCUT2D eigenvalue weighted by atomic mass is 16.6. The fourth-order valence-electron chi connectivity index (χ4n) is 2.16. The van der Waals surface area contributed by atoms with Gasteiger partial charge in [0.2, 0.25) is 5.78 Å². The Bertz CT molecular complexity index is 785. The summed E-state index contributed by atoms with van der Waals surface area (Å²) in [4.78, 5) is 34.5. The molecule has 0 atom stereocenters. The predicted octanol–water partition coefficient (Wildman–Crippen LogP) is 3.31. The van der Waals surface area contributed by atoms with Gasteiger partial charge in [-0.2, -0.15) is 0 Å². The molecule has 0 heterocycles. The van der Waals surface area contributed by atoms with Crippen LogP contribution < -0.4 is 4.74 Å². The Kier molecular flexibility index (Phi) is 5.26. The van der Waals surface area contributed by atoms with Gasteiger partial charge in [-0.15, -0.1) is 0 Å². The topological polar surface area (TPSA) is 107 Å². The zero-order valence-electron chi connectivity index (χ0n) is 12.9. The fourth-order valence-corrected chi connectivity index (χ4v) is 2.16. The van der Waals surface area contributed by atoms with E-state index in [0.717, 1.165) is 12.1 Å². The molecule has 0 aliphatic heterocycles. The van der Waals surface area contributed by atoms with E-state index in [9.17, 15) is 19.7 Å². The van der Waals surface area contributed by atoms with E-state index in [2.05, 4.69) is 0 Å². The van der Waals surface area contributed by atoms with E-state index < -0.39 is 22.4 Å².